The topological polar surface area (TPSA) is 35.5 Å². The van der Waals surface area contributed by atoms with Crippen LogP contribution < -0.4 is 5.46 Å². The van der Waals surface area contributed by atoms with Crippen LogP contribution in [0.2, 0.25) is 5.82 Å². The van der Waals surface area contributed by atoms with E-state index < -0.39 is 0 Å². The van der Waals surface area contributed by atoms with Crippen LogP contribution in [0.4, 0.5) is 0 Å². The molecule has 1 saturated heterocycles. The molecule has 0 bridgehead atoms. The van der Waals surface area contributed by atoms with Crippen molar-refractivity contribution in [2.45, 2.75) is 46.4 Å². The summed E-state index contributed by atoms with van der Waals surface area (Å²) in [7, 11) is 0. The predicted octanol–water partition coefficient (Wildman–Crippen LogP) is 3.21. The Morgan fingerprint density at radius 1 is 1.45 bits per heavy atom. The average molecular weight is 300 g/mol. The van der Waals surface area contributed by atoms with E-state index >= 15 is 0 Å². The largest absolute Gasteiger partial charge is 0.462 e. The van der Waals surface area contributed by atoms with Gasteiger partial charge in [0.1, 0.15) is 0 Å². The molecule has 1 saturated carbocycles. The van der Waals surface area contributed by atoms with Gasteiger partial charge in [0.2, 0.25) is 0 Å². The van der Waals surface area contributed by atoms with Crippen molar-refractivity contribution < 1.29 is 14.2 Å². The van der Waals surface area contributed by atoms with Gasteiger partial charge in [-0.05, 0) is 54.5 Å². The molecule has 118 valence electrons. The highest BCUT2D eigenvalue weighted by Crippen LogP contribution is 2.55. The third-order valence-electron chi connectivity index (χ3n) is 4.91. The minimum atomic E-state index is -0.237. The van der Waals surface area contributed by atoms with Crippen LogP contribution in [0.3, 0.4) is 0 Å². The van der Waals surface area contributed by atoms with Crippen molar-refractivity contribution in [1.82, 2.24) is 0 Å². The second-order valence-electron chi connectivity index (χ2n) is 7.55. The summed E-state index contributed by atoms with van der Waals surface area (Å²) in [5.74, 6) is 1.21. The molecule has 22 heavy (non-hydrogen) atoms. The Morgan fingerprint density at radius 2 is 2.23 bits per heavy atom. The van der Waals surface area contributed by atoms with Gasteiger partial charge in [0.25, 0.3) is 0 Å². The Hall–Kier alpha value is -1.29. The summed E-state index contributed by atoms with van der Waals surface area (Å²) in [5, 5.41) is 0. The molecule has 2 atom stereocenters. The molecule has 0 radical (unpaired) electrons. The van der Waals surface area contributed by atoms with Crippen LogP contribution in [0.25, 0.3) is 0 Å². The zero-order valence-corrected chi connectivity index (χ0v) is 14.0. The maximum Gasteiger partial charge on any atom is 0.338 e. The number of benzene rings is 1. The third-order valence-corrected chi connectivity index (χ3v) is 4.91. The van der Waals surface area contributed by atoms with Gasteiger partial charge in [-0.15, -0.1) is 0 Å². The molecule has 2 unspecified atom stereocenters. The number of hydrogen-bond donors (Lipinski definition) is 0. The Labute approximate surface area is 133 Å². The van der Waals surface area contributed by atoms with E-state index in [1.54, 1.807) is 0 Å². The highest BCUT2D eigenvalue weighted by molar-refractivity contribution is 6.69. The standard InChI is InChI=1S/C18H25BO3/c1-5-21-17(20)15-7-6-14(8-12(15)2)19-16-9-13(16)10-18(3,4)11-22-19/h6-8,13,16H,5,9-11H2,1-4H3. The van der Waals surface area contributed by atoms with Crippen molar-refractivity contribution in [2.24, 2.45) is 11.3 Å². The Kier molecular flexibility index (Phi) is 4.06. The molecular weight excluding hydrogens is 275 g/mol. The lowest BCUT2D eigenvalue weighted by Gasteiger charge is -2.24. The summed E-state index contributed by atoms with van der Waals surface area (Å²) in [6, 6.07) is 6.03. The number of carbonyl (C=O) groups excluding carboxylic acids is 1. The van der Waals surface area contributed by atoms with Gasteiger partial charge in [-0.2, -0.15) is 0 Å². The SMILES string of the molecule is CCOC(=O)c1ccc(B2OCC(C)(C)CC3CC23)cc1C. The molecule has 0 N–H and O–H groups in total. The summed E-state index contributed by atoms with van der Waals surface area (Å²) < 4.78 is 11.3. The minimum Gasteiger partial charge on any atom is -0.462 e. The first kappa shape index (κ1) is 15.6. The number of rotatable bonds is 3. The summed E-state index contributed by atoms with van der Waals surface area (Å²) in [4.78, 5) is 11.9. The number of aryl methyl sites for hydroxylation is 1. The zero-order valence-electron chi connectivity index (χ0n) is 14.0. The Balaban J connectivity index is 1.81. The summed E-state index contributed by atoms with van der Waals surface area (Å²) in [5.41, 5.74) is 3.11. The van der Waals surface area contributed by atoms with Gasteiger partial charge in [-0.25, -0.2) is 4.79 Å². The fraction of sp³-hybridized carbons (Fsp3) is 0.611. The fourth-order valence-electron chi connectivity index (χ4n) is 3.73. The number of esters is 1. The molecule has 3 rings (SSSR count). The van der Waals surface area contributed by atoms with Crippen LogP contribution >= 0.6 is 0 Å². The first-order valence-corrected chi connectivity index (χ1v) is 8.30. The molecule has 1 aromatic carbocycles. The lowest BCUT2D eigenvalue weighted by atomic mass is 9.55. The highest BCUT2D eigenvalue weighted by atomic mass is 16.5. The van der Waals surface area contributed by atoms with Crippen molar-refractivity contribution in [3.8, 4) is 0 Å². The third kappa shape index (κ3) is 3.07. The molecular formula is C18H25BO3. The Morgan fingerprint density at radius 3 is 2.91 bits per heavy atom. The van der Waals surface area contributed by atoms with E-state index in [4.69, 9.17) is 9.39 Å². The summed E-state index contributed by atoms with van der Waals surface area (Å²) >= 11 is 0. The summed E-state index contributed by atoms with van der Waals surface area (Å²) in [6.45, 7) is 9.78. The smallest absolute Gasteiger partial charge is 0.338 e. The molecule has 2 aliphatic rings. The highest BCUT2D eigenvalue weighted by Gasteiger charge is 2.51. The maximum absolute atomic E-state index is 11.9. The van der Waals surface area contributed by atoms with Gasteiger partial charge in [-0.3, -0.25) is 0 Å². The zero-order chi connectivity index (χ0) is 15.9. The van der Waals surface area contributed by atoms with Crippen molar-refractivity contribution >= 4 is 18.3 Å². The second-order valence-corrected chi connectivity index (χ2v) is 7.55. The van der Waals surface area contributed by atoms with Gasteiger partial charge in [0.05, 0.1) is 12.2 Å². The van der Waals surface area contributed by atoms with Gasteiger partial charge in [-0.1, -0.05) is 32.4 Å². The number of carbonyl (C=O) groups is 1. The van der Waals surface area contributed by atoms with E-state index in [1.165, 1.54) is 18.3 Å². The van der Waals surface area contributed by atoms with Gasteiger partial charge in [0, 0.05) is 6.61 Å². The minimum absolute atomic E-state index is 0.182. The average Bonchev–Trinajstić information content (AvgIpc) is 3.17. The Bertz CT molecular complexity index is 582. The molecule has 2 fully saturated rings. The molecule has 1 aromatic rings. The first-order chi connectivity index (χ1) is 10.4. The van der Waals surface area contributed by atoms with Crippen molar-refractivity contribution in [2.75, 3.05) is 13.2 Å². The van der Waals surface area contributed by atoms with E-state index in [-0.39, 0.29) is 18.3 Å². The van der Waals surface area contributed by atoms with E-state index in [0.717, 1.165) is 18.1 Å². The molecule has 1 aliphatic heterocycles. The molecule has 4 heteroatoms. The molecule has 0 aromatic heterocycles. The fourth-order valence-corrected chi connectivity index (χ4v) is 3.73. The predicted molar refractivity (Wildman–Crippen MR) is 88.7 cm³/mol. The van der Waals surface area contributed by atoms with Crippen LogP contribution in [0.5, 0.6) is 0 Å². The van der Waals surface area contributed by atoms with Gasteiger partial charge >= 0.3 is 12.9 Å². The van der Waals surface area contributed by atoms with Crippen molar-refractivity contribution in [3.05, 3.63) is 29.3 Å². The second kappa shape index (κ2) is 5.73. The van der Waals surface area contributed by atoms with E-state index in [9.17, 15) is 4.79 Å². The van der Waals surface area contributed by atoms with Crippen molar-refractivity contribution in [1.29, 1.82) is 0 Å². The first-order valence-electron chi connectivity index (χ1n) is 8.30. The maximum atomic E-state index is 11.9. The van der Waals surface area contributed by atoms with Crippen LogP contribution in [-0.4, -0.2) is 26.1 Å². The van der Waals surface area contributed by atoms with Crippen molar-refractivity contribution in [3.63, 3.8) is 0 Å². The van der Waals surface area contributed by atoms with Crippen LogP contribution in [0.1, 0.15) is 49.5 Å². The monoisotopic (exact) mass is 300 g/mol. The molecule has 0 amide bonds. The molecule has 1 heterocycles. The van der Waals surface area contributed by atoms with E-state index in [0.29, 0.717) is 18.0 Å². The quantitative estimate of drug-likeness (QED) is 0.635. The molecule has 1 aliphatic carbocycles. The number of fused-ring (bicyclic) bond motifs is 1. The van der Waals surface area contributed by atoms with Gasteiger partial charge < -0.3 is 9.39 Å². The lowest BCUT2D eigenvalue weighted by molar-refractivity contribution is 0.0525. The molecule has 3 nitrogen and oxygen atoms in total. The normalized spacial score (nSPS) is 26.1. The number of ether oxygens (including phenoxy) is 1. The lowest BCUT2D eigenvalue weighted by Crippen LogP contribution is -2.36. The van der Waals surface area contributed by atoms with Crippen LogP contribution in [0, 0.1) is 18.3 Å². The number of hydrogen-bond acceptors (Lipinski definition) is 3. The van der Waals surface area contributed by atoms with Crippen LogP contribution in [-0.2, 0) is 9.39 Å². The van der Waals surface area contributed by atoms with Crippen LogP contribution in [0.15, 0.2) is 18.2 Å². The summed E-state index contributed by atoms with van der Waals surface area (Å²) in [6.07, 6.45) is 2.53. The van der Waals surface area contributed by atoms with E-state index in [2.05, 4.69) is 19.9 Å². The molecule has 0 spiro atoms. The van der Waals surface area contributed by atoms with Gasteiger partial charge in [0.15, 0.2) is 0 Å². The van der Waals surface area contributed by atoms with E-state index in [1.807, 2.05) is 26.0 Å².